The third kappa shape index (κ3) is 2.06. The van der Waals surface area contributed by atoms with Crippen LogP contribution in [0.5, 0.6) is 5.75 Å². The Balaban J connectivity index is 2.68. The maximum Gasteiger partial charge on any atom is 0.258 e. The predicted molar refractivity (Wildman–Crippen MR) is 62.9 cm³/mol. The molecule has 0 radical (unpaired) electrons. The van der Waals surface area contributed by atoms with Gasteiger partial charge in [0.2, 0.25) is 0 Å². The van der Waals surface area contributed by atoms with Crippen molar-refractivity contribution in [2.24, 2.45) is 0 Å². The van der Waals surface area contributed by atoms with Gasteiger partial charge in [-0.3, -0.25) is 5.21 Å². The largest absolute Gasteiger partial charge is 0.508 e. The lowest BCUT2D eigenvalue weighted by atomic mass is 9.96. The maximum atomic E-state index is 9.41. The molecule has 0 aliphatic rings. The fraction of sp³-hybridized carbons (Fsp3) is 0.231. The van der Waals surface area contributed by atoms with Crippen LogP contribution in [-0.2, 0) is 0 Å². The van der Waals surface area contributed by atoms with Crippen LogP contribution in [0, 0.1) is 20.8 Å². The Morgan fingerprint density at radius 3 is 2.41 bits per heavy atom. The van der Waals surface area contributed by atoms with Gasteiger partial charge in [0.15, 0.2) is 0 Å². The average Bonchev–Trinajstić information content (AvgIpc) is 2.19. The van der Waals surface area contributed by atoms with Crippen molar-refractivity contribution in [3.05, 3.63) is 41.2 Å². The molecule has 17 heavy (non-hydrogen) atoms. The zero-order valence-corrected chi connectivity index (χ0v) is 10.1. The van der Waals surface area contributed by atoms with Crippen LogP contribution in [-0.4, -0.2) is 15.4 Å². The van der Waals surface area contributed by atoms with Crippen LogP contribution in [0.3, 0.4) is 0 Å². The molecule has 0 fully saturated rings. The molecule has 4 heteroatoms. The quantitative estimate of drug-likeness (QED) is 0.582. The van der Waals surface area contributed by atoms with E-state index in [1.165, 1.54) is 0 Å². The van der Waals surface area contributed by atoms with Crippen molar-refractivity contribution in [2.75, 3.05) is 0 Å². The molecule has 0 spiro atoms. The number of aromatic nitrogens is 2. The number of hydrogen-bond acceptors (Lipinski definition) is 3. The minimum absolute atomic E-state index is 0.252. The van der Waals surface area contributed by atoms with Gasteiger partial charge in [0.25, 0.3) is 6.20 Å². The van der Waals surface area contributed by atoms with Crippen LogP contribution in [0.15, 0.2) is 24.4 Å². The molecule has 2 N–H and O–H groups in total. The van der Waals surface area contributed by atoms with Crippen molar-refractivity contribution in [3.8, 4) is 16.9 Å². The molecule has 4 nitrogen and oxygen atoms in total. The molecule has 0 atom stereocenters. The zero-order valence-electron chi connectivity index (χ0n) is 10.1. The van der Waals surface area contributed by atoms with E-state index in [0.717, 1.165) is 32.8 Å². The summed E-state index contributed by atoms with van der Waals surface area (Å²) in [5.41, 5.74) is 4.68. The Hall–Kier alpha value is -2.10. The summed E-state index contributed by atoms with van der Waals surface area (Å²) in [6.07, 6.45) is 1.56. The molecule has 0 saturated carbocycles. The number of phenols is 1. The second-order valence-electron chi connectivity index (χ2n) is 4.19. The molecular weight excluding hydrogens is 216 g/mol. The highest BCUT2D eigenvalue weighted by Gasteiger charge is 2.15. The van der Waals surface area contributed by atoms with Crippen LogP contribution in [0.25, 0.3) is 11.1 Å². The number of nitrogens with zero attached hydrogens (tertiary/aromatic N) is 2. The Bertz CT molecular complexity index is 557. The van der Waals surface area contributed by atoms with Gasteiger partial charge in [-0.15, -0.1) is 0 Å². The number of benzene rings is 1. The lowest BCUT2D eigenvalue weighted by Crippen LogP contribution is -2.35. The standard InChI is InChI=1S/C13H14N2O2/c1-8-6-11(16)4-5-12(8)13-9(2)7-15(17)14-10(13)3/h4-7,17H,1-3H3/p+1. The lowest BCUT2D eigenvalue weighted by Gasteiger charge is -2.09. The molecule has 0 saturated heterocycles. The Morgan fingerprint density at radius 1 is 1.12 bits per heavy atom. The van der Waals surface area contributed by atoms with E-state index in [-0.39, 0.29) is 5.75 Å². The summed E-state index contributed by atoms with van der Waals surface area (Å²) in [5, 5.41) is 22.7. The number of rotatable bonds is 1. The van der Waals surface area contributed by atoms with E-state index in [2.05, 4.69) is 5.10 Å². The first-order valence-electron chi connectivity index (χ1n) is 5.38. The molecule has 0 unspecified atom stereocenters. The normalized spacial score (nSPS) is 10.5. The number of aromatic hydroxyl groups is 1. The highest BCUT2D eigenvalue weighted by molar-refractivity contribution is 5.72. The molecule has 88 valence electrons. The third-order valence-corrected chi connectivity index (χ3v) is 2.80. The Morgan fingerprint density at radius 2 is 1.82 bits per heavy atom. The van der Waals surface area contributed by atoms with Crippen LogP contribution in [0.4, 0.5) is 0 Å². The Labute approximate surface area is 99.7 Å². The van der Waals surface area contributed by atoms with E-state index in [1.807, 2.05) is 26.8 Å². The molecule has 1 aromatic heterocycles. The van der Waals surface area contributed by atoms with E-state index in [1.54, 1.807) is 18.3 Å². The van der Waals surface area contributed by atoms with E-state index >= 15 is 0 Å². The van der Waals surface area contributed by atoms with Gasteiger partial charge in [0.1, 0.15) is 16.3 Å². The van der Waals surface area contributed by atoms with Crippen molar-refractivity contribution in [1.82, 2.24) is 5.10 Å². The van der Waals surface area contributed by atoms with Crippen molar-refractivity contribution < 1.29 is 15.2 Å². The first-order chi connectivity index (χ1) is 7.99. The highest BCUT2D eigenvalue weighted by Crippen LogP contribution is 2.29. The van der Waals surface area contributed by atoms with Gasteiger partial charge < -0.3 is 5.11 Å². The molecule has 0 bridgehead atoms. The van der Waals surface area contributed by atoms with E-state index < -0.39 is 0 Å². The van der Waals surface area contributed by atoms with Gasteiger partial charge in [-0.2, -0.15) is 0 Å². The third-order valence-electron chi connectivity index (χ3n) is 2.80. The highest BCUT2D eigenvalue weighted by atomic mass is 16.5. The summed E-state index contributed by atoms with van der Waals surface area (Å²) in [4.78, 5) is 0.823. The van der Waals surface area contributed by atoms with Gasteiger partial charge in [0, 0.05) is 16.2 Å². The smallest absolute Gasteiger partial charge is 0.258 e. The van der Waals surface area contributed by atoms with Crippen molar-refractivity contribution in [3.63, 3.8) is 0 Å². The van der Waals surface area contributed by atoms with Gasteiger partial charge in [-0.1, -0.05) is 6.07 Å². The van der Waals surface area contributed by atoms with E-state index in [0.29, 0.717) is 0 Å². The predicted octanol–water partition coefficient (Wildman–Crippen LogP) is 1.90. The monoisotopic (exact) mass is 231 g/mol. The van der Waals surface area contributed by atoms with Gasteiger partial charge in [0.05, 0.1) is 0 Å². The zero-order chi connectivity index (χ0) is 12.6. The molecule has 1 heterocycles. The number of aryl methyl sites for hydroxylation is 3. The van der Waals surface area contributed by atoms with Crippen LogP contribution in [0.1, 0.15) is 16.8 Å². The Kier molecular flexibility index (Phi) is 2.71. The minimum Gasteiger partial charge on any atom is -0.508 e. The summed E-state index contributed by atoms with van der Waals surface area (Å²) in [6.45, 7) is 5.71. The van der Waals surface area contributed by atoms with Gasteiger partial charge in [-0.25, -0.2) is 0 Å². The minimum atomic E-state index is 0.252. The summed E-state index contributed by atoms with van der Waals surface area (Å²) in [5.74, 6) is 0.252. The first kappa shape index (κ1) is 11.4. The second-order valence-corrected chi connectivity index (χ2v) is 4.19. The molecule has 2 aromatic rings. The molecule has 0 aliphatic heterocycles. The summed E-state index contributed by atoms with van der Waals surface area (Å²) in [6, 6.07) is 5.23. The summed E-state index contributed by atoms with van der Waals surface area (Å²) >= 11 is 0. The SMILES string of the molecule is Cc1cc(O)ccc1-c1c(C)c[n+](O)nc1C. The molecular formula is C13H15N2O2+. The van der Waals surface area contributed by atoms with Crippen LogP contribution < -0.4 is 4.85 Å². The fourth-order valence-corrected chi connectivity index (χ4v) is 2.09. The van der Waals surface area contributed by atoms with Crippen molar-refractivity contribution in [1.29, 1.82) is 0 Å². The molecule has 1 aromatic carbocycles. The average molecular weight is 231 g/mol. The van der Waals surface area contributed by atoms with E-state index in [9.17, 15) is 10.3 Å². The van der Waals surface area contributed by atoms with Crippen molar-refractivity contribution in [2.45, 2.75) is 20.8 Å². The fourth-order valence-electron chi connectivity index (χ4n) is 2.09. The van der Waals surface area contributed by atoms with Crippen LogP contribution >= 0.6 is 0 Å². The van der Waals surface area contributed by atoms with Gasteiger partial charge in [-0.05, 0) is 44.0 Å². The van der Waals surface area contributed by atoms with Crippen LogP contribution in [0.2, 0.25) is 0 Å². The van der Waals surface area contributed by atoms with E-state index in [4.69, 9.17) is 0 Å². The molecule has 0 amide bonds. The first-order valence-corrected chi connectivity index (χ1v) is 5.38. The molecule has 2 rings (SSSR count). The number of phenolic OH excluding ortho intramolecular Hbond substituents is 1. The van der Waals surface area contributed by atoms with Crippen molar-refractivity contribution >= 4 is 0 Å². The maximum absolute atomic E-state index is 9.41. The topological polar surface area (TPSA) is 57.2 Å². The summed E-state index contributed by atoms with van der Waals surface area (Å²) in [7, 11) is 0. The summed E-state index contributed by atoms with van der Waals surface area (Å²) < 4.78 is 0. The number of hydrogen-bond donors (Lipinski definition) is 2. The molecule has 0 aliphatic carbocycles. The second kappa shape index (κ2) is 4.05. The van der Waals surface area contributed by atoms with Gasteiger partial charge >= 0.3 is 0 Å². The lowest BCUT2D eigenvalue weighted by molar-refractivity contribution is -0.949.